The molecule has 0 amide bonds. The maximum atomic E-state index is 5.21. The van der Waals surface area contributed by atoms with Crippen molar-refractivity contribution in [2.24, 2.45) is 0 Å². The van der Waals surface area contributed by atoms with E-state index in [0.29, 0.717) is 0 Å². The molecule has 2 heteroatoms. The minimum absolute atomic E-state index is 0.293. The van der Waals surface area contributed by atoms with Gasteiger partial charge in [-0.3, -0.25) is 0 Å². The SMILES string of the molecule is CCOCCC[SiH](C)C. The number of ether oxygens (including phenoxy) is 1. The van der Waals surface area contributed by atoms with Gasteiger partial charge >= 0.3 is 0 Å². The molecule has 1 nitrogen and oxygen atoms in total. The molecule has 0 spiro atoms. The van der Waals surface area contributed by atoms with Gasteiger partial charge in [-0.05, 0) is 13.3 Å². The number of rotatable bonds is 5. The molecule has 0 saturated carbocycles. The summed E-state index contributed by atoms with van der Waals surface area (Å²) < 4.78 is 5.21. The summed E-state index contributed by atoms with van der Waals surface area (Å²) in [4.78, 5) is 0. The average Bonchev–Trinajstić information content (AvgIpc) is 1.80. The first-order valence-electron chi connectivity index (χ1n) is 3.85. The molecule has 0 heterocycles. The first-order chi connectivity index (χ1) is 4.27. The van der Waals surface area contributed by atoms with Crippen LogP contribution in [0.3, 0.4) is 0 Å². The Morgan fingerprint density at radius 1 is 1.33 bits per heavy atom. The molecule has 0 aliphatic carbocycles. The Labute approximate surface area is 60.0 Å². The average molecular weight is 146 g/mol. The molecule has 0 aromatic heterocycles. The zero-order chi connectivity index (χ0) is 7.11. The zero-order valence-corrected chi connectivity index (χ0v) is 7.97. The molecule has 0 N–H and O–H groups in total. The van der Waals surface area contributed by atoms with E-state index in [-0.39, 0.29) is 8.80 Å². The molecule has 0 fully saturated rings. The van der Waals surface area contributed by atoms with Crippen LogP contribution < -0.4 is 0 Å². The molecule has 0 aliphatic rings. The lowest BCUT2D eigenvalue weighted by Gasteiger charge is -2.01. The normalized spacial score (nSPS) is 10.7. The van der Waals surface area contributed by atoms with Crippen molar-refractivity contribution in [2.45, 2.75) is 32.5 Å². The summed E-state index contributed by atoms with van der Waals surface area (Å²) >= 11 is 0. The van der Waals surface area contributed by atoms with Crippen molar-refractivity contribution in [2.75, 3.05) is 13.2 Å². The first kappa shape index (κ1) is 9.18. The highest BCUT2D eigenvalue weighted by molar-refractivity contribution is 6.55. The summed E-state index contributed by atoms with van der Waals surface area (Å²) in [6.45, 7) is 8.66. The van der Waals surface area contributed by atoms with Crippen LogP contribution in [0, 0.1) is 0 Å². The van der Waals surface area contributed by atoms with Crippen molar-refractivity contribution < 1.29 is 4.74 Å². The highest BCUT2D eigenvalue weighted by Crippen LogP contribution is 1.96. The maximum Gasteiger partial charge on any atom is 0.0463 e. The molecule has 0 atom stereocenters. The van der Waals surface area contributed by atoms with E-state index >= 15 is 0 Å². The van der Waals surface area contributed by atoms with Gasteiger partial charge in [0.05, 0.1) is 0 Å². The highest BCUT2D eigenvalue weighted by Gasteiger charge is 1.93. The van der Waals surface area contributed by atoms with Gasteiger partial charge in [0, 0.05) is 22.0 Å². The van der Waals surface area contributed by atoms with Gasteiger partial charge in [0.1, 0.15) is 0 Å². The molecule has 0 rings (SSSR count). The Morgan fingerprint density at radius 2 is 2.00 bits per heavy atom. The zero-order valence-electron chi connectivity index (χ0n) is 6.81. The fourth-order valence-corrected chi connectivity index (χ4v) is 1.72. The summed E-state index contributed by atoms with van der Waals surface area (Å²) in [5.41, 5.74) is 0. The number of hydrogen-bond acceptors (Lipinski definition) is 1. The largest absolute Gasteiger partial charge is 0.382 e. The van der Waals surface area contributed by atoms with Gasteiger partial charge in [-0.25, -0.2) is 0 Å². The summed E-state index contributed by atoms with van der Waals surface area (Å²) in [6.07, 6.45) is 1.28. The third-order valence-electron chi connectivity index (χ3n) is 1.27. The minimum atomic E-state index is -0.293. The van der Waals surface area contributed by atoms with Crippen LogP contribution >= 0.6 is 0 Å². The van der Waals surface area contributed by atoms with Crippen LogP contribution in [0.1, 0.15) is 13.3 Å². The van der Waals surface area contributed by atoms with Crippen LogP contribution in [0.25, 0.3) is 0 Å². The molecule has 0 unspecified atom stereocenters. The number of hydrogen-bond donors (Lipinski definition) is 0. The molecule has 0 aromatic rings. The molecule has 0 bridgehead atoms. The lowest BCUT2D eigenvalue weighted by molar-refractivity contribution is 0.148. The van der Waals surface area contributed by atoms with Gasteiger partial charge < -0.3 is 4.74 Å². The molecular weight excluding hydrogens is 128 g/mol. The highest BCUT2D eigenvalue weighted by atomic mass is 28.3. The maximum absolute atomic E-state index is 5.21. The Bertz CT molecular complexity index is 54.9. The van der Waals surface area contributed by atoms with Crippen molar-refractivity contribution in [3.63, 3.8) is 0 Å². The van der Waals surface area contributed by atoms with Gasteiger partial charge in [0.15, 0.2) is 0 Å². The van der Waals surface area contributed by atoms with E-state index in [1.165, 1.54) is 12.5 Å². The summed E-state index contributed by atoms with van der Waals surface area (Å²) in [6, 6.07) is 1.43. The van der Waals surface area contributed by atoms with Gasteiger partial charge in [-0.15, -0.1) is 0 Å². The molecule has 0 saturated heterocycles. The van der Waals surface area contributed by atoms with Crippen molar-refractivity contribution in [1.29, 1.82) is 0 Å². The van der Waals surface area contributed by atoms with E-state index in [0.717, 1.165) is 13.2 Å². The van der Waals surface area contributed by atoms with Crippen LogP contribution in [0.5, 0.6) is 0 Å². The van der Waals surface area contributed by atoms with E-state index in [9.17, 15) is 0 Å². The van der Waals surface area contributed by atoms with Crippen molar-refractivity contribution in [3.05, 3.63) is 0 Å². The lowest BCUT2D eigenvalue weighted by atomic mass is 10.5. The van der Waals surface area contributed by atoms with Crippen molar-refractivity contribution >= 4 is 8.80 Å². The Hall–Kier alpha value is 0.177. The van der Waals surface area contributed by atoms with Gasteiger partial charge in [-0.2, -0.15) is 0 Å². The van der Waals surface area contributed by atoms with Crippen molar-refractivity contribution in [3.8, 4) is 0 Å². The fourth-order valence-electron chi connectivity index (χ4n) is 0.738. The third-order valence-corrected chi connectivity index (χ3v) is 2.84. The summed E-state index contributed by atoms with van der Waals surface area (Å²) in [7, 11) is -0.293. The monoisotopic (exact) mass is 146 g/mol. The van der Waals surface area contributed by atoms with E-state index in [4.69, 9.17) is 4.74 Å². The summed E-state index contributed by atoms with van der Waals surface area (Å²) in [5, 5.41) is 0. The van der Waals surface area contributed by atoms with Crippen molar-refractivity contribution in [1.82, 2.24) is 0 Å². The quantitative estimate of drug-likeness (QED) is 0.425. The van der Waals surface area contributed by atoms with Crippen LogP contribution in [0.2, 0.25) is 19.1 Å². The Balaban J connectivity index is 2.75. The predicted octanol–water partition coefficient (Wildman–Crippen LogP) is 1.90. The van der Waals surface area contributed by atoms with E-state index in [1.807, 2.05) is 6.92 Å². The molecule has 0 aromatic carbocycles. The summed E-state index contributed by atoms with van der Waals surface area (Å²) in [5.74, 6) is 0. The van der Waals surface area contributed by atoms with E-state index in [1.54, 1.807) is 0 Å². The topological polar surface area (TPSA) is 9.23 Å². The van der Waals surface area contributed by atoms with Gasteiger partial charge in [0.2, 0.25) is 0 Å². The first-order valence-corrected chi connectivity index (χ1v) is 6.97. The van der Waals surface area contributed by atoms with Gasteiger partial charge in [0.25, 0.3) is 0 Å². The van der Waals surface area contributed by atoms with Crippen LogP contribution in [-0.2, 0) is 4.74 Å². The lowest BCUT2D eigenvalue weighted by Crippen LogP contribution is -2.01. The second-order valence-electron chi connectivity index (χ2n) is 2.73. The Morgan fingerprint density at radius 3 is 2.44 bits per heavy atom. The molecule has 56 valence electrons. The predicted molar refractivity (Wildman–Crippen MR) is 44.8 cm³/mol. The second-order valence-corrected chi connectivity index (χ2v) is 6.10. The van der Waals surface area contributed by atoms with Crippen LogP contribution in [0.15, 0.2) is 0 Å². The Kier molecular flexibility index (Phi) is 6.42. The third kappa shape index (κ3) is 8.18. The van der Waals surface area contributed by atoms with Gasteiger partial charge in [-0.1, -0.05) is 19.1 Å². The molecule has 9 heavy (non-hydrogen) atoms. The smallest absolute Gasteiger partial charge is 0.0463 e. The molecular formula is C7H18OSi. The molecule has 0 aliphatic heterocycles. The second kappa shape index (κ2) is 6.30. The fraction of sp³-hybridized carbons (Fsp3) is 1.00. The van der Waals surface area contributed by atoms with Crippen LogP contribution in [0.4, 0.5) is 0 Å². The molecule has 0 radical (unpaired) electrons. The minimum Gasteiger partial charge on any atom is -0.382 e. The standard InChI is InChI=1S/C7H18OSi/c1-4-8-6-5-7-9(2)3/h9H,4-7H2,1-3H3. The van der Waals surface area contributed by atoms with E-state index in [2.05, 4.69) is 13.1 Å². The van der Waals surface area contributed by atoms with Crippen LogP contribution in [-0.4, -0.2) is 22.0 Å². The van der Waals surface area contributed by atoms with E-state index < -0.39 is 0 Å².